The van der Waals surface area contributed by atoms with E-state index >= 15 is 4.39 Å². The van der Waals surface area contributed by atoms with Crippen molar-refractivity contribution in [3.63, 3.8) is 0 Å². The van der Waals surface area contributed by atoms with Gasteiger partial charge >= 0.3 is 5.97 Å². The molecular formula is C32H39FN2O11. The second-order valence-corrected chi connectivity index (χ2v) is 13.2. The van der Waals surface area contributed by atoms with Gasteiger partial charge in [0.1, 0.15) is 6.54 Å². The smallest absolute Gasteiger partial charge is 0.325 e. The third-order valence-corrected chi connectivity index (χ3v) is 10.8. The number of carbonyl (C=O) groups is 4. The van der Waals surface area contributed by atoms with Crippen molar-refractivity contribution < 1.29 is 58.9 Å². The fourth-order valence-electron chi connectivity index (χ4n) is 8.34. The number of carbonyl (C=O) groups excluding carboxylic acids is 4. The van der Waals surface area contributed by atoms with E-state index in [4.69, 9.17) is 15.2 Å². The summed E-state index contributed by atoms with van der Waals surface area (Å²) in [6, 6.07) is 6.44. The van der Waals surface area contributed by atoms with Gasteiger partial charge in [0.15, 0.2) is 23.7 Å². The van der Waals surface area contributed by atoms with Crippen molar-refractivity contribution in [2.45, 2.75) is 76.0 Å². The minimum Gasteiger partial charge on any atom is -0.456 e. The van der Waals surface area contributed by atoms with E-state index < -0.39 is 82.3 Å². The van der Waals surface area contributed by atoms with Gasteiger partial charge in [0.2, 0.25) is 11.7 Å². The average molecular weight is 647 g/mol. The molecule has 1 aromatic rings. The Morgan fingerprint density at radius 1 is 1.07 bits per heavy atom. The highest BCUT2D eigenvalue weighted by Gasteiger charge is 2.76. The molecule has 5 rings (SSSR count). The van der Waals surface area contributed by atoms with E-state index in [-0.39, 0.29) is 38.1 Å². The number of Topliss-reactive ketones (excluding diaryl/α,β-unsaturated/α-hetero) is 1. The van der Waals surface area contributed by atoms with Gasteiger partial charge in [-0.05, 0) is 61.8 Å². The molecule has 4 aliphatic rings. The van der Waals surface area contributed by atoms with Gasteiger partial charge < -0.3 is 25.4 Å². The molecule has 0 saturated heterocycles. The zero-order valence-corrected chi connectivity index (χ0v) is 25.5. The number of hydrogen-bond donors (Lipinski definition) is 6. The number of ether oxygens (including phenoxy) is 1. The average Bonchev–Trinajstić information content (AvgIpc) is 3.20. The van der Waals surface area contributed by atoms with Crippen LogP contribution in [-0.2, 0) is 41.8 Å². The number of esters is 1. The Morgan fingerprint density at radius 3 is 2.41 bits per heavy atom. The molecule has 3 fully saturated rings. The fourth-order valence-corrected chi connectivity index (χ4v) is 8.34. The van der Waals surface area contributed by atoms with Gasteiger partial charge in [-0.15, -0.1) is 0 Å². The van der Waals surface area contributed by atoms with E-state index in [2.05, 4.69) is 10.2 Å². The van der Waals surface area contributed by atoms with E-state index in [1.54, 1.807) is 31.2 Å². The van der Waals surface area contributed by atoms with Crippen molar-refractivity contribution in [1.82, 2.24) is 10.7 Å². The van der Waals surface area contributed by atoms with E-state index in [9.17, 15) is 34.5 Å². The quantitative estimate of drug-likeness (QED) is 0.156. The molecule has 3 saturated carbocycles. The van der Waals surface area contributed by atoms with Crippen LogP contribution in [0.4, 0.5) is 4.39 Å². The molecule has 1 aromatic carbocycles. The lowest BCUT2D eigenvalue weighted by atomic mass is 9.44. The number of aliphatic hydroxyl groups excluding tert-OH is 2. The highest BCUT2D eigenvalue weighted by atomic mass is 19.1. The first kappa shape index (κ1) is 34.0. The second-order valence-electron chi connectivity index (χ2n) is 13.2. The maximum Gasteiger partial charge on any atom is 0.325 e. The molecule has 6 N–H and O–H groups in total. The van der Waals surface area contributed by atoms with Crippen LogP contribution in [0.5, 0.6) is 0 Å². The number of nitrogens with one attached hydrogen (secondary N) is 1. The van der Waals surface area contributed by atoms with Crippen LogP contribution in [-0.4, -0.2) is 91.2 Å². The molecule has 8 atom stereocenters. The van der Waals surface area contributed by atoms with Crippen LogP contribution in [0.15, 0.2) is 48.1 Å². The van der Waals surface area contributed by atoms with E-state index in [0.29, 0.717) is 23.1 Å². The number of amides is 1. The van der Waals surface area contributed by atoms with Crippen molar-refractivity contribution in [1.29, 1.82) is 0 Å². The topological polar surface area (TPSA) is 203 Å². The van der Waals surface area contributed by atoms with Gasteiger partial charge in [0.05, 0.1) is 30.6 Å². The maximum absolute atomic E-state index is 17.2. The molecular weight excluding hydrogens is 607 g/mol. The third kappa shape index (κ3) is 5.51. The van der Waals surface area contributed by atoms with E-state index in [0.717, 1.165) is 0 Å². The van der Waals surface area contributed by atoms with Gasteiger partial charge in [0.25, 0.3) is 0 Å². The lowest BCUT2D eigenvalue weighted by molar-refractivity contribution is -0.497. The number of rotatable bonds is 10. The minimum absolute atomic E-state index is 0.0901. The first-order valence-electron chi connectivity index (χ1n) is 15.1. The summed E-state index contributed by atoms with van der Waals surface area (Å²) in [5, 5.41) is 53.4. The van der Waals surface area contributed by atoms with Crippen molar-refractivity contribution in [2.24, 2.45) is 22.7 Å². The van der Waals surface area contributed by atoms with Gasteiger partial charge in [0, 0.05) is 16.7 Å². The molecule has 0 aromatic heterocycles. The summed E-state index contributed by atoms with van der Waals surface area (Å²) < 4.78 is 22.3. The largest absolute Gasteiger partial charge is 0.456 e. The molecule has 13 nitrogen and oxygen atoms in total. The summed E-state index contributed by atoms with van der Waals surface area (Å²) in [5.74, 6) is -4.28. The molecule has 0 heterocycles. The number of allylic oxidation sites excluding steroid dienone is 4. The molecule has 0 aliphatic heterocycles. The standard InChI is InChI=1S/C32H39FN2O11/c1-29-10-9-21(36)12-20(29)7-8-22-23-13-24(37)32(42,30(23,2)14-25(38)31(22,29)33)26(39)17-45-28(41)15-34-27(40)11-18-3-5-19(6-4-18)16-46-35(43)44/h3-6,9-10,12,22-25,37-38,42-44H,7-8,11,13-17H2,1-2H3,(H,34,40)/t22-,23-,24+,25-,29-,30-,31-,32-/m0/s1. The van der Waals surface area contributed by atoms with Crippen LogP contribution in [0.1, 0.15) is 50.7 Å². The molecule has 0 bridgehead atoms. The summed E-state index contributed by atoms with van der Waals surface area (Å²) >= 11 is 0. The zero-order chi connectivity index (χ0) is 33.7. The summed E-state index contributed by atoms with van der Waals surface area (Å²) in [5.41, 5.74) is -5.61. The Labute approximate surface area is 264 Å². The predicted molar refractivity (Wildman–Crippen MR) is 154 cm³/mol. The van der Waals surface area contributed by atoms with E-state index in [1.807, 2.05) is 0 Å². The summed E-state index contributed by atoms with van der Waals surface area (Å²) in [4.78, 5) is 54.7. The van der Waals surface area contributed by atoms with Crippen LogP contribution < -0.4 is 5.32 Å². The first-order valence-corrected chi connectivity index (χ1v) is 15.1. The molecule has 46 heavy (non-hydrogen) atoms. The number of fused-ring (bicyclic) bond motifs is 5. The van der Waals surface area contributed by atoms with Crippen LogP contribution in [0.2, 0.25) is 0 Å². The maximum atomic E-state index is 17.2. The number of benzene rings is 1. The Balaban J connectivity index is 1.19. The molecule has 1 amide bonds. The van der Waals surface area contributed by atoms with Crippen LogP contribution in [0.3, 0.4) is 0 Å². The lowest BCUT2D eigenvalue weighted by Crippen LogP contribution is -2.69. The van der Waals surface area contributed by atoms with E-state index in [1.165, 1.54) is 25.2 Å². The third-order valence-electron chi connectivity index (χ3n) is 10.8. The number of aliphatic hydroxyl groups is 3. The van der Waals surface area contributed by atoms with Crippen molar-refractivity contribution in [2.75, 3.05) is 13.2 Å². The Kier molecular flexibility index (Phi) is 9.11. The Morgan fingerprint density at radius 2 is 1.74 bits per heavy atom. The van der Waals surface area contributed by atoms with Crippen LogP contribution in [0, 0.1) is 22.7 Å². The fraction of sp³-hybridized carbons (Fsp3) is 0.562. The van der Waals surface area contributed by atoms with Crippen molar-refractivity contribution in [3.8, 4) is 0 Å². The molecule has 250 valence electrons. The normalized spacial score (nSPS) is 36.4. The number of nitrogens with zero attached hydrogens (tertiary/aromatic N) is 1. The summed E-state index contributed by atoms with van der Waals surface area (Å²) in [6.07, 6.45) is 0.993. The van der Waals surface area contributed by atoms with Gasteiger partial charge in [-0.1, -0.05) is 42.8 Å². The summed E-state index contributed by atoms with van der Waals surface area (Å²) in [7, 11) is 0. The SMILES string of the molecule is C[C@]12C=CC(=O)C=C1CC[C@H]1[C@@H]3C[C@@H](O)[C@](O)(C(=O)COC(=O)CNC(=O)Cc4ccc(CON(O)O)cc4)[C@@]3(C)C[C@H](O)[C@@]12F. The number of halogens is 1. The zero-order valence-electron chi connectivity index (χ0n) is 25.5. The monoisotopic (exact) mass is 646 g/mol. The highest BCUT2D eigenvalue weighted by molar-refractivity contribution is 6.01. The van der Waals surface area contributed by atoms with Gasteiger partial charge in [-0.3, -0.25) is 29.6 Å². The minimum atomic E-state index is -2.44. The number of hydrogen-bond acceptors (Lipinski definition) is 12. The summed E-state index contributed by atoms with van der Waals surface area (Å²) in [6.45, 7) is 1.57. The molecule has 0 radical (unpaired) electrons. The Hall–Kier alpha value is -3.37. The molecule has 0 unspecified atom stereocenters. The molecule has 0 spiro atoms. The van der Waals surface area contributed by atoms with Crippen LogP contribution in [0.25, 0.3) is 0 Å². The number of alkyl halides is 1. The number of ketones is 2. The predicted octanol–water partition coefficient (Wildman–Crippen LogP) is 1.04. The Bertz CT molecular complexity index is 1460. The van der Waals surface area contributed by atoms with Crippen molar-refractivity contribution in [3.05, 3.63) is 59.2 Å². The highest BCUT2D eigenvalue weighted by Crippen LogP contribution is 2.69. The second kappa shape index (κ2) is 12.3. The van der Waals surface area contributed by atoms with Gasteiger partial charge in [-0.25, -0.2) is 9.23 Å². The van der Waals surface area contributed by atoms with Crippen LogP contribution >= 0.6 is 0 Å². The molecule has 14 heteroatoms. The molecule has 4 aliphatic carbocycles. The first-order chi connectivity index (χ1) is 21.6. The van der Waals surface area contributed by atoms with Crippen molar-refractivity contribution >= 4 is 23.4 Å². The van der Waals surface area contributed by atoms with Gasteiger partial charge in [-0.2, -0.15) is 0 Å². The lowest BCUT2D eigenvalue weighted by Gasteiger charge is -2.62.